The fraction of sp³-hybridized carbons (Fsp3) is 0.316. The van der Waals surface area contributed by atoms with Crippen molar-refractivity contribution < 1.29 is 13.9 Å². The lowest BCUT2D eigenvalue weighted by atomic mass is 10.3. The van der Waals surface area contributed by atoms with Gasteiger partial charge in [0.25, 0.3) is 0 Å². The lowest BCUT2D eigenvalue weighted by Gasteiger charge is -2.13. The molecule has 1 aromatic carbocycles. The zero-order chi connectivity index (χ0) is 19.2. The van der Waals surface area contributed by atoms with Crippen molar-refractivity contribution in [3.8, 4) is 23.1 Å². The van der Waals surface area contributed by atoms with Crippen LogP contribution in [0.2, 0.25) is 0 Å². The molecule has 1 aliphatic rings. The molecule has 0 saturated carbocycles. The van der Waals surface area contributed by atoms with E-state index in [1.165, 1.54) is 0 Å². The van der Waals surface area contributed by atoms with E-state index in [1.54, 1.807) is 12.3 Å². The number of benzene rings is 1. The zero-order valence-corrected chi connectivity index (χ0v) is 18.3. The van der Waals surface area contributed by atoms with Crippen LogP contribution < -0.4 is 20.1 Å². The summed E-state index contributed by atoms with van der Waals surface area (Å²) in [6.07, 6.45) is 2.46. The Labute approximate surface area is 185 Å². The minimum atomic E-state index is 0. The summed E-state index contributed by atoms with van der Waals surface area (Å²) in [5, 5.41) is 13.5. The van der Waals surface area contributed by atoms with E-state index in [4.69, 9.17) is 13.9 Å². The maximum absolute atomic E-state index is 5.74. The number of halogens is 1. The summed E-state index contributed by atoms with van der Waals surface area (Å²) >= 11 is 0. The number of hydrogen-bond acceptors (Lipinski definition) is 6. The molecule has 3 aromatic rings. The number of nitrogens with zero attached hydrogens (tertiary/aromatic N) is 3. The van der Waals surface area contributed by atoms with Crippen LogP contribution in [0.3, 0.4) is 0 Å². The maximum Gasteiger partial charge on any atom is 0.216 e. The summed E-state index contributed by atoms with van der Waals surface area (Å²) in [6.45, 7) is 4.39. The molecule has 2 aromatic heterocycles. The first-order valence-corrected chi connectivity index (χ1v) is 9.22. The van der Waals surface area contributed by atoms with Gasteiger partial charge >= 0.3 is 0 Å². The van der Waals surface area contributed by atoms with E-state index < -0.39 is 0 Å². The number of aromatic amines is 1. The van der Waals surface area contributed by atoms with Crippen molar-refractivity contribution in [2.24, 2.45) is 4.99 Å². The van der Waals surface area contributed by atoms with Crippen LogP contribution in [0.5, 0.6) is 11.5 Å². The van der Waals surface area contributed by atoms with Gasteiger partial charge in [-0.05, 0) is 31.2 Å². The van der Waals surface area contributed by atoms with Crippen molar-refractivity contribution in [3.63, 3.8) is 0 Å². The van der Waals surface area contributed by atoms with Crippen molar-refractivity contribution in [3.05, 3.63) is 42.4 Å². The third-order valence-corrected chi connectivity index (χ3v) is 4.01. The number of fused-ring (bicyclic) bond motifs is 1. The number of hydrogen-bond donors (Lipinski definition) is 3. The monoisotopic (exact) mass is 510 g/mol. The second-order valence-corrected chi connectivity index (χ2v) is 6.12. The molecule has 0 spiro atoms. The predicted molar refractivity (Wildman–Crippen MR) is 120 cm³/mol. The second-order valence-electron chi connectivity index (χ2n) is 6.12. The van der Waals surface area contributed by atoms with Crippen molar-refractivity contribution >= 4 is 35.6 Å². The largest absolute Gasteiger partial charge is 0.490 e. The quantitative estimate of drug-likeness (QED) is 0.274. The number of furan rings is 1. The Bertz CT molecular complexity index is 941. The lowest BCUT2D eigenvalue weighted by molar-refractivity contribution is 0.297. The number of ether oxygens (including phenoxy) is 2. The molecule has 29 heavy (non-hydrogen) atoms. The number of rotatable bonds is 5. The van der Waals surface area contributed by atoms with Crippen LogP contribution in [-0.2, 0) is 6.54 Å². The summed E-state index contributed by atoms with van der Waals surface area (Å²) < 4.78 is 16.7. The second kappa shape index (κ2) is 10.1. The Hall–Kier alpha value is -2.76. The Morgan fingerprint density at radius 3 is 2.86 bits per heavy atom. The highest BCUT2D eigenvalue weighted by atomic mass is 127. The molecule has 0 amide bonds. The van der Waals surface area contributed by atoms with E-state index in [0.29, 0.717) is 43.1 Å². The van der Waals surface area contributed by atoms with Gasteiger partial charge in [-0.1, -0.05) is 0 Å². The molecule has 1 aliphatic heterocycles. The molecule has 0 bridgehead atoms. The highest BCUT2D eigenvalue weighted by molar-refractivity contribution is 14.0. The molecule has 3 heterocycles. The van der Waals surface area contributed by atoms with Crippen LogP contribution in [0, 0.1) is 0 Å². The van der Waals surface area contributed by atoms with Crippen LogP contribution in [0.4, 0.5) is 5.69 Å². The molecular formula is C19H23IN6O3. The normalized spacial score (nSPS) is 13.3. The molecule has 0 radical (unpaired) electrons. The molecule has 0 saturated heterocycles. The summed E-state index contributed by atoms with van der Waals surface area (Å²) in [5.41, 5.74) is 0.859. The first kappa shape index (κ1) is 21.0. The molecule has 0 aliphatic carbocycles. The van der Waals surface area contributed by atoms with E-state index in [-0.39, 0.29) is 24.0 Å². The lowest BCUT2D eigenvalue weighted by Crippen LogP contribution is -2.30. The molecule has 0 fully saturated rings. The number of aromatic nitrogens is 3. The van der Waals surface area contributed by atoms with Gasteiger partial charge in [0.15, 0.2) is 23.2 Å². The van der Waals surface area contributed by atoms with Crippen molar-refractivity contribution in [1.82, 2.24) is 20.5 Å². The number of H-pyrrole nitrogens is 1. The van der Waals surface area contributed by atoms with Crippen molar-refractivity contribution in [1.29, 1.82) is 0 Å². The van der Waals surface area contributed by atoms with Crippen molar-refractivity contribution in [2.45, 2.75) is 19.9 Å². The van der Waals surface area contributed by atoms with Gasteiger partial charge in [0.2, 0.25) is 5.82 Å². The van der Waals surface area contributed by atoms with Crippen molar-refractivity contribution in [2.75, 3.05) is 25.1 Å². The zero-order valence-electron chi connectivity index (χ0n) is 16.0. The van der Waals surface area contributed by atoms with Gasteiger partial charge in [0, 0.05) is 24.7 Å². The fourth-order valence-corrected chi connectivity index (χ4v) is 2.72. The van der Waals surface area contributed by atoms with E-state index >= 15 is 0 Å². The molecular weight excluding hydrogens is 487 g/mol. The number of aliphatic imine (C=N–C) groups is 1. The van der Waals surface area contributed by atoms with Gasteiger partial charge in [-0.15, -0.1) is 29.1 Å². The van der Waals surface area contributed by atoms with Gasteiger partial charge in [-0.3, -0.25) is 5.10 Å². The van der Waals surface area contributed by atoms with E-state index in [9.17, 15) is 0 Å². The standard InChI is InChI=1S/C19H22N6O3.HI/c1-2-20-19(21-12-17-23-18(25-24-17)15-5-3-8-27-15)22-13-6-7-14-16(11-13)28-10-4-9-26-14;/h3,5-8,11H,2,4,9-10,12H2,1H3,(H2,20,21,22)(H,23,24,25);1H. The molecule has 10 heteroatoms. The van der Waals surface area contributed by atoms with E-state index in [0.717, 1.165) is 30.2 Å². The van der Waals surface area contributed by atoms with Gasteiger partial charge in [0.1, 0.15) is 12.4 Å². The summed E-state index contributed by atoms with van der Waals surface area (Å²) in [6, 6.07) is 9.36. The highest BCUT2D eigenvalue weighted by Gasteiger charge is 2.12. The van der Waals surface area contributed by atoms with Gasteiger partial charge in [-0.2, -0.15) is 0 Å². The van der Waals surface area contributed by atoms with Crippen LogP contribution >= 0.6 is 24.0 Å². The Balaban J connectivity index is 0.00000240. The minimum Gasteiger partial charge on any atom is -0.490 e. The molecule has 3 N–H and O–H groups in total. The maximum atomic E-state index is 5.74. The topological polar surface area (TPSA) is 110 Å². The Morgan fingerprint density at radius 1 is 1.21 bits per heavy atom. The van der Waals surface area contributed by atoms with Gasteiger partial charge < -0.3 is 24.5 Å². The molecule has 9 nitrogen and oxygen atoms in total. The third kappa shape index (κ3) is 5.40. The third-order valence-electron chi connectivity index (χ3n) is 4.01. The fourth-order valence-electron chi connectivity index (χ4n) is 2.72. The van der Waals surface area contributed by atoms with Gasteiger partial charge in [-0.25, -0.2) is 9.98 Å². The van der Waals surface area contributed by atoms with Gasteiger partial charge in [0.05, 0.1) is 19.5 Å². The number of anilines is 1. The average Bonchev–Trinajstić information content (AvgIpc) is 3.34. The first-order valence-electron chi connectivity index (χ1n) is 9.22. The van der Waals surface area contributed by atoms with Crippen LogP contribution in [0.25, 0.3) is 11.6 Å². The first-order chi connectivity index (χ1) is 13.8. The van der Waals surface area contributed by atoms with Crippen LogP contribution in [0.15, 0.2) is 46.0 Å². The highest BCUT2D eigenvalue weighted by Crippen LogP contribution is 2.32. The molecule has 154 valence electrons. The molecule has 0 atom stereocenters. The number of guanidine groups is 1. The summed E-state index contributed by atoms with van der Waals surface area (Å²) in [4.78, 5) is 8.96. The molecule has 4 rings (SSSR count). The SMILES string of the molecule is CCNC(=NCc1nc(-c2ccco2)n[nH]1)Nc1ccc2c(c1)OCCCO2.I. The summed E-state index contributed by atoms with van der Waals surface area (Å²) in [5.74, 6) is 3.89. The van der Waals surface area contributed by atoms with Crippen LogP contribution in [-0.4, -0.2) is 40.9 Å². The Kier molecular flexibility index (Phi) is 7.33. The number of nitrogens with one attached hydrogen (secondary N) is 3. The molecule has 0 unspecified atom stereocenters. The van der Waals surface area contributed by atoms with Crippen LogP contribution in [0.1, 0.15) is 19.2 Å². The predicted octanol–water partition coefficient (Wildman–Crippen LogP) is 3.42. The van der Waals surface area contributed by atoms with E-state index in [1.807, 2.05) is 31.2 Å². The minimum absolute atomic E-state index is 0. The average molecular weight is 510 g/mol. The Morgan fingerprint density at radius 2 is 2.07 bits per heavy atom. The van der Waals surface area contributed by atoms with E-state index in [2.05, 4.69) is 30.8 Å². The summed E-state index contributed by atoms with van der Waals surface area (Å²) in [7, 11) is 0. The smallest absolute Gasteiger partial charge is 0.216 e.